The minimum absolute atomic E-state index is 0.0739. The fourth-order valence-electron chi connectivity index (χ4n) is 2.72. The summed E-state index contributed by atoms with van der Waals surface area (Å²) in [6, 6.07) is 0. The number of hydrogen-bond acceptors (Lipinski definition) is 3. The van der Waals surface area contributed by atoms with Gasteiger partial charge in [0.1, 0.15) is 0 Å². The molecule has 0 aromatic rings. The van der Waals surface area contributed by atoms with E-state index in [2.05, 4.69) is 0 Å². The SMILES string of the molecule is O=C([O-])[C@H]1CC=C(Cl)C[C@H]1C(=O)N1CCCCC1. The highest BCUT2D eigenvalue weighted by Gasteiger charge is 2.35. The van der Waals surface area contributed by atoms with Gasteiger partial charge in [0, 0.05) is 30.0 Å². The maximum Gasteiger partial charge on any atom is 0.226 e. The second kappa shape index (κ2) is 5.74. The second-order valence-electron chi connectivity index (χ2n) is 5.01. The van der Waals surface area contributed by atoms with E-state index < -0.39 is 17.8 Å². The molecule has 1 aliphatic carbocycles. The zero-order valence-electron chi connectivity index (χ0n) is 10.2. The van der Waals surface area contributed by atoms with Gasteiger partial charge in [0.05, 0.1) is 5.92 Å². The van der Waals surface area contributed by atoms with Crippen molar-refractivity contribution in [3.63, 3.8) is 0 Å². The molecule has 0 bridgehead atoms. The van der Waals surface area contributed by atoms with Crippen molar-refractivity contribution in [2.75, 3.05) is 13.1 Å². The molecular weight excluding hydrogens is 254 g/mol. The number of piperidine rings is 1. The number of aliphatic carboxylic acids is 1. The summed E-state index contributed by atoms with van der Waals surface area (Å²) in [5.41, 5.74) is 0. The summed E-state index contributed by atoms with van der Waals surface area (Å²) in [4.78, 5) is 25.2. The van der Waals surface area contributed by atoms with Crippen LogP contribution in [0, 0.1) is 11.8 Å². The number of likely N-dealkylation sites (tertiary alicyclic amines) is 1. The molecule has 5 heteroatoms. The average Bonchev–Trinajstić information content (AvgIpc) is 2.38. The molecule has 18 heavy (non-hydrogen) atoms. The molecule has 1 amide bonds. The van der Waals surface area contributed by atoms with Crippen LogP contribution < -0.4 is 5.11 Å². The first-order chi connectivity index (χ1) is 8.59. The van der Waals surface area contributed by atoms with Crippen molar-refractivity contribution < 1.29 is 14.7 Å². The standard InChI is InChI=1S/C13H18ClNO3/c14-9-4-5-10(13(17)18)11(8-9)12(16)15-6-2-1-3-7-15/h4,10-11H,1-3,5-8H2,(H,17,18)/p-1/t10-,11+/m0/s1. The number of carbonyl (C=O) groups is 2. The molecule has 100 valence electrons. The monoisotopic (exact) mass is 270 g/mol. The van der Waals surface area contributed by atoms with Crippen LogP contribution in [-0.4, -0.2) is 29.9 Å². The summed E-state index contributed by atoms with van der Waals surface area (Å²) in [5, 5.41) is 11.7. The second-order valence-corrected chi connectivity index (χ2v) is 5.49. The highest BCUT2D eigenvalue weighted by atomic mass is 35.5. The molecule has 1 fully saturated rings. The van der Waals surface area contributed by atoms with Crippen LogP contribution >= 0.6 is 11.6 Å². The van der Waals surface area contributed by atoms with E-state index in [1.54, 1.807) is 11.0 Å². The van der Waals surface area contributed by atoms with E-state index >= 15 is 0 Å². The zero-order chi connectivity index (χ0) is 13.1. The number of carboxylic acid groups (broad SMARTS) is 1. The zero-order valence-corrected chi connectivity index (χ0v) is 11.0. The topological polar surface area (TPSA) is 60.4 Å². The number of rotatable bonds is 2. The van der Waals surface area contributed by atoms with Gasteiger partial charge in [-0.3, -0.25) is 4.79 Å². The first kappa shape index (κ1) is 13.4. The summed E-state index contributed by atoms with van der Waals surface area (Å²) in [7, 11) is 0. The largest absolute Gasteiger partial charge is 0.550 e. The van der Waals surface area contributed by atoms with Gasteiger partial charge >= 0.3 is 0 Å². The fourth-order valence-corrected chi connectivity index (χ4v) is 2.98. The number of halogens is 1. The van der Waals surface area contributed by atoms with Crippen LogP contribution in [0.2, 0.25) is 0 Å². The van der Waals surface area contributed by atoms with Gasteiger partial charge in [0.2, 0.25) is 5.91 Å². The van der Waals surface area contributed by atoms with Gasteiger partial charge in [-0.25, -0.2) is 0 Å². The third-order valence-electron chi connectivity index (χ3n) is 3.78. The minimum Gasteiger partial charge on any atom is -0.550 e. The van der Waals surface area contributed by atoms with Gasteiger partial charge in [-0.1, -0.05) is 17.7 Å². The van der Waals surface area contributed by atoms with Gasteiger partial charge in [-0.2, -0.15) is 0 Å². The van der Waals surface area contributed by atoms with E-state index in [1.807, 2.05) is 0 Å². The highest BCUT2D eigenvalue weighted by Crippen LogP contribution is 2.33. The van der Waals surface area contributed by atoms with Crippen LogP contribution in [0.4, 0.5) is 0 Å². The van der Waals surface area contributed by atoms with Crippen LogP contribution in [0.3, 0.4) is 0 Å². The van der Waals surface area contributed by atoms with Crippen LogP contribution in [0.15, 0.2) is 11.1 Å². The van der Waals surface area contributed by atoms with E-state index in [-0.39, 0.29) is 5.91 Å². The normalized spacial score (nSPS) is 28.7. The molecule has 4 nitrogen and oxygen atoms in total. The lowest BCUT2D eigenvalue weighted by molar-refractivity contribution is -0.313. The molecule has 1 aliphatic heterocycles. The Labute approximate surface area is 112 Å². The lowest BCUT2D eigenvalue weighted by Gasteiger charge is -2.35. The van der Waals surface area contributed by atoms with Crippen LogP contribution in [-0.2, 0) is 9.59 Å². The molecule has 1 saturated heterocycles. The lowest BCUT2D eigenvalue weighted by Crippen LogP contribution is -2.47. The number of hydrogen-bond donors (Lipinski definition) is 0. The van der Waals surface area contributed by atoms with Crippen LogP contribution in [0.5, 0.6) is 0 Å². The maximum absolute atomic E-state index is 12.4. The number of carbonyl (C=O) groups excluding carboxylic acids is 2. The first-order valence-corrected chi connectivity index (χ1v) is 6.81. The molecule has 2 rings (SSSR count). The molecule has 0 radical (unpaired) electrons. The van der Waals surface area contributed by atoms with Crippen molar-refractivity contribution in [3.05, 3.63) is 11.1 Å². The Kier molecular flexibility index (Phi) is 4.27. The molecule has 0 N–H and O–H groups in total. The summed E-state index contributed by atoms with van der Waals surface area (Å²) in [5.74, 6) is -2.51. The Hall–Kier alpha value is -1.03. The predicted octanol–water partition coefficient (Wildman–Crippen LogP) is 0.898. The lowest BCUT2D eigenvalue weighted by atomic mass is 9.81. The Balaban J connectivity index is 2.10. The Morgan fingerprint density at radius 3 is 2.50 bits per heavy atom. The minimum atomic E-state index is -1.15. The van der Waals surface area contributed by atoms with Crippen molar-refractivity contribution in [2.24, 2.45) is 11.8 Å². The average molecular weight is 271 g/mol. The summed E-state index contributed by atoms with van der Waals surface area (Å²) < 4.78 is 0. The van der Waals surface area contributed by atoms with E-state index in [0.717, 1.165) is 32.4 Å². The molecule has 0 aromatic heterocycles. The molecular formula is C13H17ClNO3-. The molecule has 0 aromatic carbocycles. The number of carboxylic acids is 1. The third-order valence-corrected chi connectivity index (χ3v) is 4.09. The van der Waals surface area contributed by atoms with Crippen molar-refractivity contribution >= 4 is 23.5 Å². The number of nitrogens with zero attached hydrogens (tertiary/aromatic N) is 1. The fraction of sp³-hybridized carbons (Fsp3) is 0.692. The molecule has 1 heterocycles. The van der Waals surface area contributed by atoms with Gasteiger partial charge in [-0.05, 0) is 32.1 Å². The first-order valence-electron chi connectivity index (χ1n) is 6.44. The number of amides is 1. The van der Waals surface area contributed by atoms with Crippen LogP contribution in [0.25, 0.3) is 0 Å². The van der Waals surface area contributed by atoms with Crippen molar-refractivity contribution in [1.29, 1.82) is 0 Å². The van der Waals surface area contributed by atoms with Crippen molar-refractivity contribution in [2.45, 2.75) is 32.1 Å². The summed E-state index contributed by atoms with van der Waals surface area (Å²) in [6.07, 6.45) is 5.44. The van der Waals surface area contributed by atoms with Crippen LogP contribution in [0.1, 0.15) is 32.1 Å². The van der Waals surface area contributed by atoms with Crippen molar-refractivity contribution in [3.8, 4) is 0 Å². The third kappa shape index (κ3) is 2.86. The Bertz CT molecular complexity index is 374. The van der Waals surface area contributed by atoms with E-state index in [1.165, 1.54) is 0 Å². The summed E-state index contributed by atoms with van der Waals surface area (Å²) >= 11 is 5.94. The van der Waals surface area contributed by atoms with Gasteiger partial charge in [-0.15, -0.1) is 0 Å². The Morgan fingerprint density at radius 1 is 1.22 bits per heavy atom. The molecule has 0 unspecified atom stereocenters. The quantitative estimate of drug-likeness (QED) is 0.749. The predicted molar refractivity (Wildman–Crippen MR) is 65.6 cm³/mol. The smallest absolute Gasteiger partial charge is 0.226 e. The van der Waals surface area contributed by atoms with Gasteiger partial charge in [0.15, 0.2) is 0 Å². The van der Waals surface area contributed by atoms with E-state index in [0.29, 0.717) is 17.9 Å². The maximum atomic E-state index is 12.4. The molecule has 2 atom stereocenters. The molecule has 0 saturated carbocycles. The van der Waals surface area contributed by atoms with Gasteiger partial charge in [0.25, 0.3) is 0 Å². The van der Waals surface area contributed by atoms with Crippen molar-refractivity contribution in [1.82, 2.24) is 4.90 Å². The molecule has 0 spiro atoms. The van der Waals surface area contributed by atoms with Gasteiger partial charge < -0.3 is 14.8 Å². The Morgan fingerprint density at radius 2 is 1.89 bits per heavy atom. The summed E-state index contributed by atoms with van der Waals surface area (Å²) in [6.45, 7) is 1.47. The van der Waals surface area contributed by atoms with E-state index in [9.17, 15) is 14.7 Å². The number of allylic oxidation sites excluding steroid dienone is 2. The highest BCUT2D eigenvalue weighted by molar-refractivity contribution is 6.29. The van der Waals surface area contributed by atoms with E-state index in [4.69, 9.17) is 11.6 Å². The molecule has 2 aliphatic rings.